The van der Waals surface area contributed by atoms with Crippen LogP contribution in [-0.4, -0.2) is 213 Å². The fourth-order valence-electron chi connectivity index (χ4n) is 9.94. The van der Waals surface area contributed by atoms with Crippen LogP contribution in [0.15, 0.2) is 103 Å². The summed E-state index contributed by atoms with van der Waals surface area (Å²) < 4.78 is 16.0. The number of rotatable bonds is 11. The lowest BCUT2D eigenvalue weighted by Crippen LogP contribution is -2.29. The first-order valence-electron chi connectivity index (χ1n) is 32.8. The number of nitrogens with one attached hydrogen (secondary N) is 6. The molecule has 0 fully saturated rings. The molecule has 15 aromatic heterocycles. The summed E-state index contributed by atoms with van der Waals surface area (Å²) >= 11 is 30.0. The van der Waals surface area contributed by atoms with Crippen molar-refractivity contribution in [2.75, 3.05) is 23.7 Å². The molecule has 0 bridgehead atoms. The highest BCUT2D eigenvalue weighted by atomic mass is 127. The van der Waals surface area contributed by atoms with Gasteiger partial charge in [-0.05, 0) is 112 Å². The van der Waals surface area contributed by atoms with Crippen LogP contribution in [0, 0.1) is 20.2 Å². The lowest BCUT2D eigenvalue weighted by molar-refractivity contribution is -0.385. The summed E-state index contributed by atoms with van der Waals surface area (Å²) in [6, 6.07) is 3.34. The van der Waals surface area contributed by atoms with E-state index in [-0.39, 0.29) is 107 Å². The molecular formula is C63H85BBr4Cl3FIN36O16. The quantitative estimate of drug-likeness (QED) is 0.0174. The number of nitro groups is 2. The van der Waals surface area contributed by atoms with Gasteiger partial charge in [0.05, 0.1) is 33.4 Å². The maximum Gasteiger partial charge on any atom is 0.361 e. The van der Waals surface area contributed by atoms with E-state index in [9.17, 15) is 68.2 Å². The lowest BCUT2D eigenvalue weighted by Gasteiger charge is -2.21. The van der Waals surface area contributed by atoms with E-state index in [1.54, 1.807) is 69.6 Å². The molecule has 62 heteroatoms. The molecular weight excluding hydrogens is 2100 g/mol. The molecule has 14 N–H and O–H groups in total. The molecule has 0 aromatic carbocycles. The number of nitrogens with two attached hydrogens (primary N) is 3. The average Bonchev–Trinajstić information content (AvgIpc) is 1.66. The monoisotopic (exact) mass is 2180 g/mol. The molecule has 0 atom stereocenters. The van der Waals surface area contributed by atoms with E-state index in [4.69, 9.17) is 62.2 Å². The van der Waals surface area contributed by atoms with Crippen molar-refractivity contribution >= 4 is 233 Å². The zero-order valence-electron chi connectivity index (χ0n) is 65.0. The van der Waals surface area contributed by atoms with Crippen molar-refractivity contribution in [2.45, 2.75) is 49.0 Å². The molecule has 0 spiro atoms. The Morgan fingerprint density at radius 3 is 1.36 bits per heavy atom. The van der Waals surface area contributed by atoms with Crippen LogP contribution in [0.3, 0.4) is 0 Å². The number of carboxylic acid groups (broad SMARTS) is 2. The van der Waals surface area contributed by atoms with Gasteiger partial charge in [0, 0.05) is 113 Å². The molecule has 2 amide bonds. The van der Waals surface area contributed by atoms with Crippen LogP contribution in [0.4, 0.5) is 27.7 Å². The number of aromatic nitrogens is 30. The molecule has 0 aliphatic heterocycles. The smallest absolute Gasteiger partial charge is 0.361 e. The van der Waals surface area contributed by atoms with Gasteiger partial charge in [0.15, 0.2) is 40.1 Å². The number of halogens is 9. The Morgan fingerprint density at radius 2 is 0.952 bits per heavy atom. The predicted molar refractivity (Wildman–Crippen MR) is 490 cm³/mol. The predicted octanol–water partition coefficient (Wildman–Crippen LogP) is 6.10. The summed E-state index contributed by atoms with van der Waals surface area (Å²) in [6.07, 6.45) is 11.8. The highest BCUT2D eigenvalue weighted by Gasteiger charge is 2.26. The zero-order chi connectivity index (χ0) is 89.0. The second kappa shape index (κ2) is 50.2. The number of fused-ring (bicyclic) bond motifs is 5. The minimum atomic E-state index is -1.36. The number of aromatic carboxylic acids is 2. The van der Waals surface area contributed by atoms with Crippen molar-refractivity contribution in [3.8, 4) is 0 Å². The number of primary amides is 2. The highest BCUT2D eigenvalue weighted by Crippen LogP contribution is 2.28. The number of hydrogen-bond acceptors (Lipinski definition) is 30. The van der Waals surface area contributed by atoms with Crippen molar-refractivity contribution < 1.29 is 46.8 Å². The summed E-state index contributed by atoms with van der Waals surface area (Å²) in [5, 5.41) is 76.1. The number of H-pyrrole nitrogens is 6. The third kappa shape index (κ3) is 29.0. The van der Waals surface area contributed by atoms with E-state index in [2.05, 4.69) is 183 Å². The molecule has 0 saturated heterocycles. The molecule has 15 rings (SSSR count). The second-order valence-electron chi connectivity index (χ2n) is 23.3. The van der Waals surface area contributed by atoms with E-state index in [0.717, 1.165) is 47.7 Å². The van der Waals surface area contributed by atoms with Gasteiger partial charge in [-0.2, -0.15) is 51.0 Å². The van der Waals surface area contributed by atoms with E-state index < -0.39 is 67.5 Å². The number of nitrogen functional groups attached to an aromatic ring is 1. The Labute approximate surface area is 771 Å². The number of amides is 2. The van der Waals surface area contributed by atoms with Gasteiger partial charge in [0.1, 0.15) is 56.9 Å². The van der Waals surface area contributed by atoms with Crippen LogP contribution < -0.4 is 55.7 Å². The number of anilines is 2. The summed E-state index contributed by atoms with van der Waals surface area (Å²) in [5.41, 5.74) is 17.0. The van der Waals surface area contributed by atoms with E-state index >= 15 is 0 Å². The Hall–Kier alpha value is -12.6. The maximum atomic E-state index is 12.1. The number of carboxylic acids is 2. The molecule has 15 aromatic rings. The highest BCUT2D eigenvalue weighted by molar-refractivity contribution is 14.0. The summed E-state index contributed by atoms with van der Waals surface area (Å²) in [5.74, 6) is -3.11. The van der Waals surface area contributed by atoms with Crippen LogP contribution in [0.1, 0.15) is 93.8 Å². The maximum absolute atomic E-state index is 12.1. The number of aryl methyl sites for hydroxylation is 10. The number of carbonyl (C=O) groups excluding carboxylic acids is 2. The number of aromatic amines is 6. The van der Waals surface area contributed by atoms with Gasteiger partial charge in [0.25, 0.3) is 34.1 Å². The molecule has 52 nitrogen and oxygen atoms in total. The summed E-state index contributed by atoms with van der Waals surface area (Å²) in [6.45, 7) is 5.97. The van der Waals surface area contributed by atoms with Gasteiger partial charge in [-0.1, -0.05) is 47.7 Å². The first-order valence-corrected chi connectivity index (χ1v) is 37.1. The summed E-state index contributed by atoms with van der Waals surface area (Å²) in [7, 11) is 16.2. The largest absolute Gasteiger partial charge is 0.477 e. The number of nitrogens with zero attached hydrogens (tertiary/aromatic N) is 27. The Bertz CT molecular complexity index is 6540. The van der Waals surface area contributed by atoms with Gasteiger partial charge in [-0.15, -0.1) is 24.0 Å². The molecule has 679 valence electrons. The van der Waals surface area contributed by atoms with Crippen molar-refractivity contribution in [2.24, 2.45) is 81.9 Å². The lowest BCUT2D eigenvalue weighted by atomic mass is 10.3. The average molecular weight is 2190 g/mol. The molecule has 0 aliphatic rings. The summed E-state index contributed by atoms with van der Waals surface area (Å²) in [4.78, 5) is 161. The fourth-order valence-corrected chi connectivity index (χ4v) is 12.7. The minimum Gasteiger partial charge on any atom is -0.477 e. The minimum absolute atomic E-state index is 0. The van der Waals surface area contributed by atoms with Crippen LogP contribution in [0.25, 0.3) is 55.2 Å². The van der Waals surface area contributed by atoms with Gasteiger partial charge in [0.2, 0.25) is 27.9 Å². The Kier molecular flexibility index (Phi) is 45.2. The topological polar surface area (TPSA) is 703 Å². The fraction of sp³-hybridized carbons (Fsp3) is 0.302. The van der Waals surface area contributed by atoms with Gasteiger partial charge >= 0.3 is 34.7 Å². The van der Waals surface area contributed by atoms with Crippen molar-refractivity contribution in [1.82, 2.24) is 148 Å². The first-order chi connectivity index (χ1) is 55.8. The molecule has 0 aliphatic carbocycles. The standard InChI is InChI=1S/C12H18BrN5O.C6H3BrCl2N4.C6H4BrClN4O.C6H5BrN4O2.C6H6N4O2.C5H6N4O3.C5H8N4O.C5H5N3O4.C5H6N2O2.C4H6N2.3CH4.B.FH.HI.2H2/c1-4-6-18(7-5-2)12-14-8-9(11(19)15-12)17(3)16-10(8)13;1-13-3-2(4(7)12-13)10-6(9)11-5(3)8;1-12-3-2(4(7)11-12)9-6(8)10-5(3)13;1-11-3-2(4(7)10-11)8-6(13)9-5(3)12;1-10-4-3(2-7-10)8-6(12)9-5(4)11;1-8-4(5(6)10)3(2-7-8)9(11)12;1-9-4(5(7)10)3(6)2-8-9;1-7-4(5(9)10)3(2-6-7)8(11)12;1-7-4(5(8)9)2-3-6-7;1-6-4-2-3-5-6;;;;;;;;/h4-7H2,1-3H3,(H,14,15,19);1H3;1H3,(H,9,10,13);1H3,(H2,8,9,12,13);2H,1H3,(H2,8,9,11,12);2H,1H3,(H2,6,10);2H,6H2,1H3,(H2,7,10);2H,1H3,(H,9,10);2-3H,1H3,(H,8,9);2-4H,1H3;3*1H4;;4*1H/i;;;;;;;;;;;;;;;;1+1;. The zero-order valence-corrected chi connectivity index (χ0v) is 75.9. The van der Waals surface area contributed by atoms with Crippen molar-refractivity contribution in [1.29, 1.82) is 0 Å². The molecule has 125 heavy (non-hydrogen) atoms. The number of hydrogen-bond donors (Lipinski definition) is 11. The SMILES string of the molecule is C.C.C.CCCN(CCC)c1nc2c(Br)nn(C)c2c(=O)[nH]1.Cn1cccn1.Cn1nc(Br)c2[nH]c(=O)[nH]c(=O)c21.Cn1nc(Br)c2nc(Cl)[nH]c(=O)c21.Cn1nc(Br)c2nc(Cl)nc(Cl)c21.Cn1ncc(N)c1C(N)=O.Cn1ncc([N+](=O)[O-])c1C(=O)O.Cn1ncc([N+](=O)[O-])c1C(N)=O.Cn1ncc2[nH]c(=O)[nH]c(=O)c21.Cn1nccc1C(=O)O.F.I.[2HH].[B].[HH]. The van der Waals surface area contributed by atoms with Crippen molar-refractivity contribution in [3.05, 3.63) is 195 Å². The van der Waals surface area contributed by atoms with Crippen LogP contribution in [0.5, 0.6) is 0 Å². The van der Waals surface area contributed by atoms with Crippen LogP contribution in [0.2, 0.25) is 15.7 Å². The molecule has 0 saturated carbocycles. The van der Waals surface area contributed by atoms with E-state index in [0.29, 0.717) is 90.4 Å². The third-order valence-electron chi connectivity index (χ3n) is 15.0. The van der Waals surface area contributed by atoms with Gasteiger partial charge in [-0.3, -0.25) is 120 Å². The molecule has 15 heterocycles. The Balaban J connectivity index is -0.00000135. The van der Waals surface area contributed by atoms with Crippen LogP contribution >= 0.6 is 122 Å². The second-order valence-corrected chi connectivity index (χ2v) is 27.3. The van der Waals surface area contributed by atoms with Crippen LogP contribution in [-0.2, 0) is 70.5 Å². The molecule has 3 radical (unpaired) electrons. The van der Waals surface area contributed by atoms with Gasteiger partial charge < -0.3 is 42.3 Å². The Morgan fingerprint density at radius 1 is 0.520 bits per heavy atom. The molecule has 0 unspecified atom stereocenters. The number of carbonyl (C=O) groups is 4. The normalized spacial score (nSPS) is 9.91. The third-order valence-corrected chi connectivity index (χ3v) is 17.7. The van der Waals surface area contributed by atoms with Crippen molar-refractivity contribution in [3.63, 3.8) is 0 Å². The van der Waals surface area contributed by atoms with E-state index in [1.165, 1.54) is 62.2 Å². The van der Waals surface area contributed by atoms with Gasteiger partial charge in [-0.25, -0.2) is 39.1 Å². The first kappa shape index (κ1) is 112. The van der Waals surface area contributed by atoms with E-state index in [1.807, 2.05) is 19.3 Å².